The molecule has 1 fully saturated rings. The molecular formula is C21H22ClFN6O3. The van der Waals surface area contributed by atoms with E-state index in [-0.39, 0.29) is 36.1 Å². The normalized spacial score (nSPS) is 14.4. The number of benzene rings is 1. The highest BCUT2D eigenvalue weighted by molar-refractivity contribution is 5.85. The molecule has 0 unspecified atom stereocenters. The predicted octanol–water partition coefficient (Wildman–Crippen LogP) is 2.70. The molecule has 1 aromatic carbocycles. The monoisotopic (exact) mass is 460 g/mol. The van der Waals surface area contributed by atoms with E-state index >= 15 is 0 Å². The van der Waals surface area contributed by atoms with Gasteiger partial charge in [0.1, 0.15) is 5.65 Å². The summed E-state index contributed by atoms with van der Waals surface area (Å²) in [6.07, 6.45) is 3.78. The molecule has 1 aliphatic heterocycles. The highest BCUT2D eigenvalue weighted by Gasteiger charge is 2.22. The summed E-state index contributed by atoms with van der Waals surface area (Å²) in [5.41, 5.74) is 2.46. The summed E-state index contributed by atoms with van der Waals surface area (Å²) in [6, 6.07) is 6.28. The second-order valence-corrected chi connectivity index (χ2v) is 7.56. The van der Waals surface area contributed by atoms with Crippen molar-refractivity contribution in [1.29, 1.82) is 0 Å². The van der Waals surface area contributed by atoms with Crippen LogP contribution in [-0.4, -0.2) is 44.9 Å². The van der Waals surface area contributed by atoms with E-state index in [1.54, 1.807) is 28.9 Å². The fourth-order valence-electron chi connectivity index (χ4n) is 4.02. The molecule has 0 radical (unpaired) electrons. The van der Waals surface area contributed by atoms with E-state index in [1.807, 2.05) is 0 Å². The van der Waals surface area contributed by atoms with Crippen LogP contribution in [0.4, 0.5) is 4.39 Å². The second kappa shape index (κ2) is 9.09. The van der Waals surface area contributed by atoms with Crippen molar-refractivity contribution >= 4 is 18.1 Å². The van der Waals surface area contributed by atoms with Crippen LogP contribution in [-0.2, 0) is 6.42 Å². The van der Waals surface area contributed by atoms with E-state index in [4.69, 9.17) is 9.26 Å². The van der Waals surface area contributed by atoms with Gasteiger partial charge >= 0.3 is 0 Å². The van der Waals surface area contributed by atoms with Gasteiger partial charge < -0.3 is 19.6 Å². The Bertz CT molecular complexity index is 1290. The lowest BCUT2D eigenvalue weighted by atomic mass is 9.94. The quantitative estimate of drug-likeness (QED) is 0.471. The van der Waals surface area contributed by atoms with E-state index in [9.17, 15) is 9.18 Å². The van der Waals surface area contributed by atoms with Crippen LogP contribution in [0.15, 0.2) is 39.8 Å². The topological polar surface area (TPSA) is 110 Å². The maximum atomic E-state index is 13.9. The van der Waals surface area contributed by atoms with Crippen LogP contribution in [0.25, 0.3) is 17.0 Å². The molecule has 3 aromatic heterocycles. The van der Waals surface area contributed by atoms with Crippen molar-refractivity contribution in [3.63, 3.8) is 0 Å². The minimum Gasteiger partial charge on any atom is -0.494 e. The molecule has 0 amide bonds. The third-order valence-corrected chi connectivity index (χ3v) is 5.57. The van der Waals surface area contributed by atoms with Gasteiger partial charge in [-0.3, -0.25) is 4.79 Å². The second-order valence-electron chi connectivity index (χ2n) is 7.56. The first kappa shape index (κ1) is 22.0. The van der Waals surface area contributed by atoms with Crippen molar-refractivity contribution in [2.24, 2.45) is 0 Å². The zero-order valence-electron chi connectivity index (χ0n) is 17.3. The van der Waals surface area contributed by atoms with Crippen molar-refractivity contribution in [3.8, 4) is 17.1 Å². The van der Waals surface area contributed by atoms with Crippen molar-refractivity contribution in [2.45, 2.75) is 25.2 Å². The van der Waals surface area contributed by atoms with Crippen molar-refractivity contribution < 1.29 is 13.7 Å². The summed E-state index contributed by atoms with van der Waals surface area (Å²) in [5.74, 6) is 0.623. The number of methoxy groups -OCH3 is 1. The smallest absolute Gasteiger partial charge is 0.251 e. The molecule has 1 aliphatic rings. The van der Waals surface area contributed by atoms with E-state index in [0.717, 1.165) is 31.6 Å². The van der Waals surface area contributed by atoms with Crippen molar-refractivity contribution in [3.05, 3.63) is 63.8 Å². The van der Waals surface area contributed by atoms with Crippen molar-refractivity contribution in [2.75, 3.05) is 20.2 Å². The van der Waals surface area contributed by atoms with Gasteiger partial charge in [0.15, 0.2) is 11.6 Å². The number of ether oxygens (including phenoxy) is 1. The number of nitrogens with zero attached hydrogens (tertiary/aromatic N) is 4. The number of rotatable bonds is 5. The third-order valence-electron chi connectivity index (χ3n) is 5.57. The van der Waals surface area contributed by atoms with Gasteiger partial charge in [-0.2, -0.15) is 10.1 Å². The number of piperidine rings is 1. The summed E-state index contributed by atoms with van der Waals surface area (Å²) in [4.78, 5) is 19.6. The highest BCUT2D eigenvalue weighted by atomic mass is 35.5. The SMILES string of the molecule is COc1ccc(Cc2nc(-c3cnn4c(C5CCNCC5)cc(=O)[nH]c34)no2)cc1F.Cl. The molecule has 2 N–H and O–H groups in total. The van der Waals surface area contributed by atoms with Crippen LogP contribution in [0, 0.1) is 5.82 Å². The Balaban J connectivity index is 0.00000245. The lowest BCUT2D eigenvalue weighted by molar-refractivity contribution is 0.381. The average Bonchev–Trinajstić information content (AvgIpc) is 3.40. The van der Waals surface area contributed by atoms with Gasteiger partial charge in [-0.25, -0.2) is 8.91 Å². The number of aromatic nitrogens is 5. The molecule has 0 aliphatic carbocycles. The molecule has 4 aromatic rings. The summed E-state index contributed by atoms with van der Waals surface area (Å²) < 4.78 is 26.0. The minimum absolute atomic E-state index is 0. The first-order valence-electron chi connectivity index (χ1n) is 10.1. The Morgan fingerprint density at radius 3 is 2.84 bits per heavy atom. The summed E-state index contributed by atoms with van der Waals surface area (Å²) in [6.45, 7) is 1.82. The van der Waals surface area contributed by atoms with Gasteiger partial charge in [-0.15, -0.1) is 12.4 Å². The molecular weight excluding hydrogens is 439 g/mol. The molecule has 0 atom stereocenters. The van der Waals surface area contributed by atoms with Gasteiger partial charge in [-0.05, 0) is 43.6 Å². The van der Waals surface area contributed by atoms with Gasteiger partial charge in [0.05, 0.1) is 31.0 Å². The maximum absolute atomic E-state index is 13.9. The van der Waals surface area contributed by atoms with E-state index < -0.39 is 5.82 Å². The number of aromatic amines is 1. The first-order chi connectivity index (χ1) is 15.1. The predicted molar refractivity (Wildman–Crippen MR) is 117 cm³/mol. The average molecular weight is 461 g/mol. The number of halogens is 2. The Hall–Kier alpha value is -3.24. The molecule has 0 spiro atoms. The number of H-pyrrole nitrogens is 1. The van der Waals surface area contributed by atoms with Crippen LogP contribution in [0.2, 0.25) is 0 Å². The van der Waals surface area contributed by atoms with E-state index in [2.05, 4.69) is 25.5 Å². The molecule has 0 saturated carbocycles. The molecule has 1 saturated heterocycles. The Morgan fingerprint density at radius 2 is 2.09 bits per heavy atom. The van der Waals surface area contributed by atoms with Crippen molar-refractivity contribution in [1.82, 2.24) is 30.1 Å². The highest BCUT2D eigenvalue weighted by Crippen LogP contribution is 2.27. The lowest BCUT2D eigenvalue weighted by Crippen LogP contribution is -2.28. The minimum atomic E-state index is -0.453. The van der Waals surface area contributed by atoms with Gasteiger partial charge in [0.2, 0.25) is 11.7 Å². The van der Waals surface area contributed by atoms with Crippen LogP contribution in [0.1, 0.15) is 35.9 Å². The maximum Gasteiger partial charge on any atom is 0.251 e. The molecule has 11 heteroatoms. The number of fused-ring (bicyclic) bond motifs is 1. The van der Waals surface area contributed by atoms with E-state index in [1.165, 1.54) is 13.2 Å². The largest absolute Gasteiger partial charge is 0.494 e. The standard InChI is InChI=1S/C21H21FN6O3.ClH/c1-30-17-3-2-12(8-15(17)22)9-19-26-20(27-31-19)14-11-24-28-16(10-18(29)25-21(14)28)13-4-6-23-7-5-13;/h2-3,8,10-11,13,23H,4-7,9H2,1H3,(H,25,29);1H. The number of hydrogen-bond acceptors (Lipinski definition) is 7. The molecule has 4 heterocycles. The lowest BCUT2D eigenvalue weighted by Gasteiger charge is -2.23. The van der Waals surface area contributed by atoms with Crippen LogP contribution >= 0.6 is 12.4 Å². The summed E-state index contributed by atoms with van der Waals surface area (Å²) in [5, 5.41) is 11.9. The first-order valence-corrected chi connectivity index (χ1v) is 10.1. The number of hydrogen-bond donors (Lipinski definition) is 2. The fraction of sp³-hybridized carbons (Fsp3) is 0.333. The van der Waals surface area contributed by atoms with E-state index in [0.29, 0.717) is 28.5 Å². The zero-order valence-corrected chi connectivity index (χ0v) is 18.1. The molecule has 0 bridgehead atoms. The third kappa shape index (κ3) is 4.11. The van der Waals surface area contributed by atoms with Gasteiger partial charge in [0.25, 0.3) is 5.56 Å². The fourth-order valence-corrected chi connectivity index (χ4v) is 4.02. The Morgan fingerprint density at radius 1 is 1.28 bits per heavy atom. The number of nitrogens with one attached hydrogen (secondary N) is 2. The van der Waals surface area contributed by atoms with Gasteiger partial charge in [-0.1, -0.05) is 11.2 Å². The Labute approximate surface area is 188 Å². The van der Waals surface area contributed by atoms with Crippen LogP contribution in [0.5, 0.6) is 5.75 Å². The summed E-state index contributed by atoms with van der Waals surface area (Å²) in [7, 11) is 1.42. The van der Waals surface area contributed by atoms with Gasteiger partial charge in [0, 0.05) is 12.0 Å². The Kier molecular flexibility index (Phi) is 6.24. The molecule has 32 heavy (non-hydrogen) atoms. The zero-order chi connectivity index (χ0) is 21.4. The molecule has 168 valence electrons. The van der Waals surface area contributed by atoms with Crippen LogP contribution in [0.3, 0.4) is 0 Å². The van der Waals surface area contributed by atoms with Crippen LogP contribution < -0.4 is 15.6 Å². The molecule has 9 nitrogen and oxygen atoms in total. The summed E-state index contributed by atoms with van der Waals surface area (Å²) >= 11 is 0. The molecule has 5 rings (SSSR count).